The van der Waals surface area contributed by atoms with E-state index in [0.717, 1.165) is 31.0 Å². The summed E-state index contributed by atoms with van der Waals surface area (Å²) >= 11 is 0. The first-order chi connectivity index (χ1) is 10.4. The van der Waals surface area contributed by atoms with Gasteiger partial charge in [-0.3, -0.25) is 9.78 Å². The molecule has 0 unspecified atom stereocenters. The molecule has 0 saturated heterocycles. The topological polar surface area (TPSA) is 63.2 Å². The van der Waals surface area contributed by atoms with Crippen LogP contribution >= 0.6 is 0 Å². The van der Waals surface area contributed by atoms with Crippen LogP contribution in [0.25, 0.3) is 0 Å². The third-order valence-electron chi connectivity index (χ3n) is 3.92. The summed E-state index contributed by atoms with van der Waals surface area (Å²) in [5, 5.41) is 6.40. The number of rotatable bonds is 8. The van der Waals surface area contributed by atoms with E-state index in [1.54, 1.807) is 6.20 Å². The van der Waals surface area contributed by atoms with Crippen molar-refractivity contribution in [2.24, 2.45) is 11.8 Å². The molecular formula is C17H27N3O2. The van der Waals surface area contributed by atoms with Gasteiger partial charge in [-0.15, -0.1) is 0 Å². The Morgan fingerprint density at radius 3 is 2.95 bits per heavy atom. The SMILES string of the molecule is CCNC[C@H]1C[C@@H]1C(=O)NC(C)(C)COc1cccnc1C. The average molecular weight is 305 g/mol. The highest BCUT2D eigenvalue weighted by Crippen LogP contribution is 2.38. The Morgan fingerprint density at radius 2 is 2.27 bits per heavy atom. The monoisotopic (exact) mass is 305 g/mol. The number of amides is 1. The van der Waals surface area contributed by atoms with E-state index in [9.17, 15) is 4.79 Å². The maximum absolute atomic E-state index is 12.3. The van der Waals surface area contributed by atoms with Crippen LogP contribution in [0.2, 0.25) is 0 Å². The van der Waals surface area contributed by atoms with Crippen LogP contribution in [0.1, 0.15) is 32.9 Å². The fourth-order valence-corrected chi connectivity index (χ4v) is 2.47. The van der Waals surface area contributed by atoms with E-state index >= 15 is 0 Å². The van der Waals surface area contributed by atoms with Gasteiger partial charge in [-0.2, -0.15) is 0 Å². The van der Waals surface area contributed by atoms with Gasteiger partial charge in [-0.1, -0.05) is 6.92 Å². The standard InChI is InChI=1S/C17H27N3O2/c1-5-18-10-13-9-14(13)16(21)20-17(3,4)11-22-15-7-6-8-19-12(15)2/h6-8,13-14,18H,5,9-11H2,1-4H3,(H,20,21)/t13-,14+/m1/s1. The van der Waals surface area contributed by atoms with Gasteiger partial charge in [-0.05, 0) is 58.3 Å². The van der Waals surface area contributed by atoms with Gasteiger partial charge in [0.15, 0.2) is 0 Å². The second-order valence-corrected chi connectivity index (χ2v) is 6.66. The van der Waals surface area contributed by atoms with Crippen molar-refractivity contribution in [1.82, 2.24) is 15.6 Å². The molecule has 1 amide bonds. The van der Waals surface area contributed by atoms with Gasteiger partial charge in [0.1, 0.15) is 12.4 Å². The van der Waals surface area contributed by atoms with Crippen LogP contribution in [-0.2, 0) is 4.79 Å². The van der Waals surface area contributed by atoms with Gasteiger partial charge < -0.3 is 15.4 Å². The number of nitrogens with one attached hydrogen (secondary N) is 2. The fraction of sp³-hybridized carbons (Fsp3) is 0.647. The minimum absolute atomic E-state index is 0.138. The summed E-state index contributed by atoms with van der Waals surface area (Å²) in [5.41, 5.74) is 0.461. The molecule has 1 aliphatic rings. The van der Waals surface area contributed by atoms with Crippen molar-refractivity contribution in [2.45, 2.75) is 39.7 Å². The Labute approximate surface area is 132 Å². The molecule has 0 radical (unpaired) electrons. The molecule has 1 aliphatic carbocycles. The maximum Gasteiger partial charge on any atom is 0.223 e. The second-order valence-electron chi connectivity index (χ2n) is 6.66. The molecular weight excluding hydrogens is 278 g/mol. The quantitative estimate of drug-likeness (QED) is 0.770. The second kappa shape index (κ2) is 7.09. The Balaban J connectivity index is 1.79. The highest BCUT2D eigenvalue weighted by molar-refractivity contribution is 5.82. The van der Waals surface area contributed by atoms with E-state index in [0.29, 0.717) is 12.5 Å². The number of aryl methyl sites for hydroxylation is 1. The molecule has 5 nitrogen and oxygen atoms in total. The van der Waals surface area contributed by atoms with Crippen LogP contribution in [0.15, 0.2) is 18.3 Å². The molecule has 2 N–H and O–H groups in total. The summed E-state index contributed by atoms with van der Waals surface area (Å²) < 4.78 is 5.80. The number of ether oxygens (including phenoxy) is 1. The molecule has 122 valence electrons. The highest BCUT2D eigenvalue weighted by atomic mass is 16.5. The largest absolute Gasteiger partial charge is 0.489 e. The maximum atomic E-state index is 12.3. The van der Waals surface area contributed by atoms with Crippen LogP contribution in [-0.4, -0.2) is 36.1 Å². The van der Waals surface area contributed by atoms with Crippen molar-refractivity contribution in [3.05, 3.63) is 24.0 Å². The molecule has 1 heterocycles. The Bertz CT molecular complexity index is 516. The van der Waals surface area contributed by atoms with Crippen molar-refractivity contribution >= 4 is 5.91 Å². The van der Waals surface area contributed by atoms with E-state index in [4.69, 9.17) is 4.74 Å². The zero-order valence-electron chi connectivity index (χ0n) is 14.0. The lowest BCUT2D eigenvalue weighted by molar-refractivity contribution is -0.124. The number of carbonyl (C=O) groups is 1. The van der Waals surface area contributed by atoms with Crippen LogP contribution < -0.4 is 15.4 Å². The summed E-state index contributed by atoms with van der Waals surface area (Å²) in [6.07, 6.45) is 2.73. The lowest BCUT2D eigenvalue weighted by Crippen LogP contribution is -2.48. The summed E-state index contributed by atoms with van der Waals surface area (Å²) in [5.74, 6) is 1.54. The molecule has 5 heteroatoms. The van der Waals surface area contributed by atoms with Gasteiger partial charge in [0.2, 0.25) is 5.91 Å². The molecule has 0 aromatic carbocycles. The van der Waals surface area contributed by atoms with Crippen LogP contribution in [0.4, 0.5) is 0 Å². The smallest absolute Gasteiger partial charge is 0.223 e. The molecule has 0 spiro atoms. The number of pyridine rings is 1. The predicted molar refractivity (Wildman–Crippen MR) is 86.8 cm³/mol. The molecule has 0 aliphatic heterocycles. The molecule has 1 saturated carbocycles. The Hall–Kier alpha value is -1.62. The Kier molecular flexibility index (Phi) is 5.40. The summed E-state index contributed by atoms with van der Waals surface area (Å²) in [6, 6.07) is 3.75. The van der Waals surface area contributed by atoms with Crippen molar-refractivity contribution < 1.29 is 9.53 Å². The minimum atomic E-state index is -0.398. The van der Waals surface area contributed by atoms with Crippen molar-refractivity contribution in [3.63, 3.8) is 0 Å². The molecule has 2 rings (SSSR count). The fourth-order valence-electron chi connectivity index (χ4n) is 2.47. The van der Waals surface area contributed by atoms with Crippen LogP contribution in [0, 0.1) is 18.8 Å². The average Bonchev–Trinajstić information content (AvgIpc) is 3.23. The number of carbonyl (C=O) groups excluding carboxylic acids is 1. The van der Waals surface area contributed by atoms with Gasteiger partial charge in [0.25, 0.3) is 0 Å². The van der Waals surface area contributed by atoms with Crippen molar-refractivity contribution in [2.75, 3.05) is 19.7 Å². The van der Waals surface area contributed by atoms with Crippen LogP contribution in [0.5, 0.6) is 5.75 Å². The molecule has 22 heavy (non-hydrogen) atoms. The molecule has 1 aromatic heterocycles. The minimum Gasteiger partial charge on any atom is -0.489 e. The van der Waals surface area contributed by atoms with Crippen LogP contribution in [0.3, 0.4) is 0 Å². The number of nitrogens with zero attached hydrogens (tertiary/aromatic N) is 1. The first-order valence-corrected chi connectivity index (χ1v) is 8.00. The van der Waals surface area contributed by atoms with Crippen molar-refractivity contribution in [3.8, 4) is 5.75 Å². The van der Waals surface area contributed by atoms with E-state index in [1.807, 2.05) is 32.9 Å². The predicted octanol–water partition coefficient (Wildman–Crippen LogP) is 1.91. The molecule has 2 atom stereocenters. The zero-order chi connectivity index (χ0) is 16.2. The third kappa shape index (κ3) is 4.70. The normalized spacial score (nSPS) is 20.5. The summed E-state index contributed by atoms with van der Waals surface area (Å²) in [4.78, 5) is 16.5. The van der Waals surface area contributed by atoms with Gasteiger partial charge >= 0.3 is 0 Å². The summed E-state index contributed by atoms with van der Waals surface area (Å²) in [6.45, 7) is 10.3. The molecule has 1 fully saturated rings. The molecule has 1 aromatic rings. The Morgan fingerprint density at radius 1 is 1.50 bits per heavy atom. The van der Waals surface area contributed by atoms with E-state index in [1.165, 1.54) is 0 Å². The van der Waals surface area contributed by atoms with E-state index < -0.39 is 5.54 Å². The highest BCUT2D eigenvalue weighted by Gasteiger charge is 2.43. The van der Waals surface area contributed by atoms with Gasteiger partial charge in [-0.25, -0.2) is 0 Å². The van der Waals surface area contributed by atoms with Crippen molar-refractivity contribution in [1.29, 1.82) is 0 Å². The first-order valence-electron chi connectivity index (χ1n) is 8.00. The third-order valence-corrected chi connectivity index (χ3v) is 3.92. The summed E-state index contributed by atoms with van der Waals surface area (Å²) in [7, 11) is 0. The van der Waals surface area contributed by atoms with Gasteiger partial charge in [0, 0.05) is 12.1 Å². The number of hydrogen-bond donors (Lipinski definition) is 2. The number of aromatic nitrogens is 1. The first kappa shape index (κ1) is 16.7. The van der Waals surface area contributed by atoms with E-state index in [-0.39, 0.29) is 11.8 Å². The van der Waals surface area contributed by atoms with Gasteiger partial charge in [0.05, 0.1) is 11.2 Å². The van der Waals surface area contributed by atoms with E-state index in [2.05, 4.69) is 22.5 Å². The lowest BCUT2D eigenvalue weighted by Gasteiger charge is -2.26. The molecule has 0 bridgehead atoms. The number of hydrogen-bond acceptors (Lipinski definition) is 4. The zero-order valence-corrected chi connectivity index (χ0v) is 14.0. The lowest BCUT2D eigenvalue weighted by atomic mass is 10.1.